The SMILES string of the molecule is Cc1ccc(C(=O)N/N=C2\CCCc3oc(C(=O)N4CCCC4)c(C)c32)cc1. The highest BCUT2D eigenvalue weighted by Gasteiger charge is 2.31. The summed E-state index contributed by atoms with van der Waals surface area (Å²) in [5, 5.41) is 4.39. The molecule has 2 amide bonds. The molecule has 146 valence electrons. The van der Waals surface area contributed by atoms with Crippen molar-refractivity contribution in [1.29, 1.82) is 0 Å². The monoisotopic (exact) mass is 379 g/mol. The Balaban J connectivity index is 1.57. The Labute approximate surface area is 164 Å². The Bertz CT molecular complexity index is 935. The zero-order valence-electron chi connectivity index (χ0n) is 16.4. The number of aryl methyl sites for hydroxylation is 2. The minimum absolute atomic E-state index is 0.0348. The van der Waals surface area contributed by atoms with Crippen LogP contribution < -0.4 is 5.43 Å². The summed E-state index contributed by atoms with van der Waals surface area (Å²) < 4.78 is 5.96. The fourth-order valence-corrected chi connectivity index (χ4v) is 3.94. The van der Waals surface area contributed by atoms with Gasteiger partial charge in [0.25, 0.3) is 11.8 Å². The summed E-state index contributed by atoms with van der Waals surface area (Å²) >= 11 is 0. The van der Waals surface area contributed by atoms with Crippen molar-refractivity contribution in [3.63, 3.8) is 0 Å². The number of carbonyl (C=O) groups is 2. The minimum Gasteiger partial charge on any atom is -0.455 e. The average Bonchev–Trinajstić information content (AvgIpc) is 3.35. The molecule has 1 saturated heterocycles. The molecule has 0 saturated carbocycles. The van der Waals surface area contributed by atoms with Gasteiger partial charge in [0.1, 0.15) is 5.76 Å². The molecule has 1 fully saturated rings. The highest BCUT2D eigenvalue weighted by molar-refractivity contribution is 6.07. The summed E-state index contributed by atoms with van der Waals surface area (Å²) in [5.41, 5.74) is 6.83. The largest absolute Gasteiger partial charge is 0.455 e. The lowest BCUT2D eigenvalue weighted by atomic mass is 9.93. The summed E-state index contributed by atoms with van der Waals surface area (Å²) in [6, 6.07) is 7.37. The van der Waals surface area contributed by atoms with Crippen molar-refractivity contribution >= 4 is 17.5 Å². The third kappa shape index (κ3) is 3.46. The number of amides is 2. The van der Waals surface area contributed by atoms with Crippen LogP contribution in [0.1, 0.15) is 69.0 Å². The van der Waals surface area contributed by atoms with Gasteiger partial charge in [-0.2, -0.15) is 5.10 Å². The summed E-state index contributed by atoms with van der Waals surface area (Å²) in [7, 11) is 0. The molecule has 2 heterocycles. The van der Waals surface area contributed by atoms with E-state index in [0.717, 1.165) is 73.4 Å². The Morgan fingerprint density at radius 1 is 1.04 bits per heavy atom. The smallest absolute Gasteiger partial charge is 0.289 e. The molecular formula is C22H25N3O3. The van der Waals surface area contributed by atoms with Crippen LogP contribution >= 0.6 is 0 Å². The Morgan fingerprint density at radius 3 is 2.46 bits per heavy atom. The highest BCUT2D eigenvalue weighted by atomic mass is 16.4. The van der Waals surface area contributed by atoms with E-state index in [-0.39, 0.29) is 11.8 Å². The number of likely N-dealkylation sites (tertiary alicyclic amines) is 1. The molecule has 0 spiro atoms. The third-order valence-electron chi connectivity index (χ3n) is 5.52. The number of nitrogens with zero attached hydrogens (tertiary/aromatic N) is 2. The van der Waals surface area contributed by atoms with E-state index in [1.807, 2.05) is 30.9 Å². The molecule has 0 radical (unpaired) electrons. The maximum absolute atomic E-state index is 12.8. The third-order valence-corrected chi connectivity index (χ3v) is 5.52. The second-order valence-corrected chi connectivity index (χ2v) is 7.57. The normalized spacial score (nSPS) is 17.6. The fourth-order valence-electron chi connectivity index (χ4n) is 3.94. The highest BCUT2D eigenvalue weighted by Crippen LogP contribution is 2.31. The van der Waals surface area contributed by atoms with E-state index in [0.29, 0.717) is 11.3 Å². The summed E-state index contributed by atoms with van der Waals surface area (Å²) in [5.74, 6) is 0.947. The van der Waals surface area contributed by atoms with Gasteiger partial charge in [-0.3, -0.25) is 9.59 Å². The van der Waals surface area contributed by atoms with Crippen LogP contribution in [0, 0.1) is 13.8 Å². The van der Waals surface area contributed by atoms with Gasteiger partial charge >= 0.3 is 0 Å². The van der Waals surface area contributed by atoms with Gasteiger partial charge in [0, 0.05) is 36.2 Å². The molecule has 0 bridgehead atoms. The molecule has 2 aliphatic rings. The first-order valence-electron chi connectivity index (χ1n) is 9.90. The summed E-state index contributed by atoms with van der Waals surface area (Å²) in [6.07, 6.45) is 4.51. The zero-order chi connectivity index (χ0) is 19.7. The number of carbonyl (C=O) groups excluding carboxylic acids is 2. The van der Waals surface area contributed by atoms with Gasteiger partial charge in [0.15, 0.2) is 5.76 Å². The lowest BCUT2D eigenvalue weighted by Crippen LogP contribution is -2.27. The molecule has 1 aromatic carbocycles. The molecule has 4 rings (SSSR count). The standard InChI is InChI=1S/C22H25N3O3/c1-14-8-10-16(11-9-14)21(26)24-23-17-6-5-7-18-19(17)15(2)20(28-18)22(27)25-12-3-4-13-25/h8-11H,3-7,12-13H2,1-2H3,(H,24,26)/b23-17+. The Hall–Kier alpha value is -2.89. The van der Waals surface area contributed by atoms with Crippen LogP contribution in [0.3, 0.4) is 0 Å². The van der Waals surface area contributed by atoms with Crippen LogP contribution in [0.4, 0.5) is 0 Å². The summed E-state index contributed by atoms with van der Waals surface area (Å²) in [6.45, 7) is 5.47. The van der Waals surface area contributed by atoms with Crippen LogP contribution in [0.25, 0.3) is 0 Å². The van der Waals surface area contributed by atoms with Crippen molar-refractivity contribution in [2.75, 3.05) is 13.1 Å². The zero-order valence-corrected chi connectivity index (χ0v) is 16.4. The molecule has 0 atom stereocenters. The van der Waals surface area contributed by atoms with Crippen molar-refractivity contribution in [2.24, 2.45) is 5.10 Å². The van der Waals surface area contributed by atoms with Gasteiger partial charge in [-0.1, -0.05) is 17.7 Å². The van der Waals surface area contributed by atoms with Gasteiger partial charge in [-0.05, 0) is 51.7 Å². The van der Waals surface area contributed by atoms with Gasteiger partial charge in [-0.15, -0.1) is 0 Å². The van der Waals surface area contributed by atoms with Crippen LogP contribution in [0.2, 0.25) is 0 Å². The number of hydrogen-bond acceptors (Lipinski definition) is 4. The molecule has 6 heteroatoms. The van der Waals surface area contributed by atoms with Crippen molar-refractivity contribution in [3.05, 3.63) is 58.0 Å². The predicted octanol–water partition coefficient (Wildman–Crippen LogP) is 3.60. The van der Waals surface area contributed by atoms with Gasteiger partial charge < -0.3 is 9.32 Å². The van der Waals surface area contributed by atoms with Gasteiger partial charge in [0.2, 0.25) is 0 Å². The van der Waals surface area contributed by atoms with E-state index in [4.69, 9.17) is 4.42 Å². The van der Waals surface area contributed by atoms with E-state index >= 15 is 0 Å². The number of furan rings is 1. The van der Waals surface area contributed by atoms with Crippen molar-refractivity contribution < 1.29 is 14.0 Å². The van der Waals surface area contributed by atoms with E-state index in [1.165, 1.54) is 0 Å². The maximum atomic E-state index is 12.8. The van der Waals surface area contributed by atoms with Crippen LogP contribution in [0.15, 0.2) is 33.8 Å². The number of fused-ring (bicyclic) bond motifs is 1. The van der Waals surface area contributed by atoms with E-state index in [2.05, 4.69) is 10.5 Å². The molecule has 28 heavy (non-hydrogen) atoms. The Morgan fingerprint density at radius 2 is 1.75 bits per heavy atom. The number of hydrazone groups is 1. The van der Waals surface area contributed by atoms with E-state index in [1.54, 1.807) is 12.1 Å². The molecule has 1 aliphatic carbocycles. The Kier molecular flexibility index (Phi) is 5.03. The number of nitrogens with one attached hydrogen (secondary N) is 1. The molecule has 2 aromatic rings. The number of hydrogen-bond donors (Lipinski definition) is 1. The van der Waals surface area contributed by atoms with Crippen molar-refractivity contribution in [1.82, 2.24) is 10.3 Å². The molecular weight excluding hydrogens is 354 g/mol. The van der Waals surface area contributed by atoms with Crippen molar-refractivity contribution in [2.45, 2.75) is 46.0 Å². The molecule has 1 aromatic heterocycles. The number of rotatable bonds is 3. The molecule has 0 unspecified atom stereocenters. The quantitative estimate of drug-likeness (QED) is 0.828. The van der Waals surface area contributed by atoms with E-state index in [9.17, 15) is 9.59 Å². The fraction of sp³-hybridized carbons (Fsp3) is 0.409. The van der Waals surface area contributed by atoms with Gasteiger partial charge in [0.05, 0.1) is 5.71 Å². The molecule has 1 aliphatic heterocycles. The van der Waals surface area contributed by atoms with Gasteiger partial charge in [-0.25, -0.2) is 5.43 Å². The first kappa shape index (κ1) is 18.5. The molecule has 6 nitrogen and oxygen atoms in total. The average molecular weight is 379 g/mol. The van der Waals surface area contributed by atoms with E-state index < -0.39 is 0 Å². The van der Waals surface area contributed by atoms with Crippen LogP contribution in [-0.4, -0.2) is 35.5 Å². The molecule has 1 N–H and O–H groups in total. The lowest BCUT2D eigenvalue weighted by molar-refractivity contribution is 0.0758. The maximum Gasteiger partial charge on any atom is 0.289 e. The second-order valence-electron chi connectivity index (χ2n) is 7.57. The first-order valence-corrected chi connectivity index (χ1v) is 9.90. The van der Waals surface area contributed by atoms with Crippen molar-refractivity contribution in [3.8, 4) is 0 Å². The van der Waals surface area contributed by atoms with Crippen LogP contribution in [-0.2, 0) is 6.42 Å². The second kappa shape index (κ2) is 7.62. The first-order chi connectivity index (χ1) is 13.5. The summed E-state index contributed by atoms with van der Waals surface area (Å²) in [4.78, 5) is 27.0. The van der Waals surface area contributed by atoms with Crippen LogP contribution in [0.5, 0.6) is 0 Å². The topological polar surface area (TPSA) is 74.9 Å². The predicted molar refractivity (Wildman–Crippen MR) is 107 cm³/mol. The number of benzene rings is 1. The minimum atomic E-state index is -0.242. The lowest BCUT2D eigenvalue weighted by Gasteiger charge is -2.14.